The van der Waals surface area contributed by atoms with E-state index in [1.165, 1.54) is 0 Å². The van der Waals surface area contributed by atoms with E-state index in [1.807, 2.05) is 50.2 Å². The topological polar surface area (TPSA) is 80.8 Å². The molecule has 0 saturated carbocycles. The van der Waals surface area contributed by atoms with Crippen LogP contribution in [0.25, 0.3) is 0 Å². The molecule has 0 radical (unpaired) electrons. The summed E-state index contributed by atoms with van der Waals surface area (Å²) in [5.74, 6) is 1.05. The predicted molar refractivity (Wildman–Crippen MR) is 134 cm³/mol. The molecule has 1 aromatic heterocycles. The van der Waals surface area contributed by atoms with E-state index in [2.05, 4.69) is 10.3 Å². The van der Waals surface area contributed by atoms with Crippen molar-refractivity contribution in [1.82, 2.24) is 9.88 Å². The largest absolute Gasteiger partial charge is 0.493 e. The van der Waals surface area contributed by atoms with Gasteiger partial charge in [-0.05, 0) is 35.2 Å². The lowest BCUT2D eigenvalue weighted by Gasteiger charge is -2.36. The minimum atomic E-state index is -0.585. The first-order valence-corrected chi connectivity index (χ1v) is 11.8. The van der Waals surface area contributed by atoms with E-state index in [0.717, 1.165) is 16.7 Å². The van der Waals surface area contributed by atoms with E-state index in [-0.39, 0.29) is 17.7 Å². The van der Waals surface area contributed by atoms with Crippen molar-refractivity contribution < 1.29 is 19.1 Å². The van der Waals surface area contributed by atoms with Crippen LogP contribution in [0.2, 0.25) is 0 Å². The molecule has 3 aromatic rings. The zero-order valence-corrected chi connectivity index (χ0v) is 20.4. The number of anilines is 1. The summed E-state index contributed by atoms with van der Waals surface area (Å²) in [5.41, 5.74) is 3.68. The Morgan fingerprint density at radius 1 is 1.09 bits per heavy atom. The lowest BCUT2D eigenvalue weighted by atomic mass is 9.92. The second-order valence-corrected chi connectivity index (χ2v) is 9.11. The normalized spacial score (nSPS) is 14.9. The number of hydrogen-bond acceptors (Lipinski definition) is 5. The van der Waals surface area contributed by atoms with Crippen molar-refractivity contribution in [3.63, 3.8) is 0 Å². The van der Waals surface area contributed by atoms with Crippen molar-refractivity contribution in [3.05, 3.63) is 83.7 Å². The standard InChI is InChI=1S/C28H31N3O4/c1-19(2)13-27(32)31-17-22-9-5-4-8-21(22)14-24(31)28(33)30-23-10-11-25(34-3)26(15-23)35-18-20-7-6-12-29-16-20/h4-12,15-16,19,24H,13-14,17-18H2,1-3H3,(H,30,33). The van der Waals surface area contributed by atoms with Gasteiger partial charge < -0.3 is 19.7 Å². The van der Waals surface area contributed by atoms with Gasteiger partial charge in [-0.15, -0.1) is 0 Å². The third-order valence-electron chi connectivity index (χ3n) is 6.00. The maximum absolute atomic E-state index is 13.4. The van der Waals surface area contributed by atoms with Gasteiger partial charge in [-0.25, -0.2) is 0 Å². The minimum absolute atomic E-state index is 0.00937. The molecule has 182 valence electrons. The fourth-order valence-electron chi connectivity index (χ4n) is 4.22. The molecule has 2 amide bonds. The maximum atomic E-state index is 13.4. The van der Waals surface area contributed by atoms with Crippen molar-refractivity contribution >= 4 is 17.5 Å². The number of benzene rings is 2. The van der Waals surface area contributed by atoms with Crippen LogP contribution < -0.4 is 14.8 Å². The molecule has 4 rings (SSSR count). The summed E-state index contributed by atoms with van der Waals surface area (Å²) < 4.78 is 11.4. The number of carbonyl (C=O) groups is 2. The number of rotatable bonds is 8. The molecule has 0 fully saturated rings. The van der Waals surface area contributed by atoms with E-state index in [9.17, 15) is 9.59 Å². The summed E-state index contributed by atoms with van der Waals surface area (Å²) in [6, 6.07) is 16.4. The van der Waals surface area contributed by atoms with Gasteiger partial charge in [0.2, 0.25) is 11.8 Å². The van der Waals surface area contributed by atoms with Crippen LogP contribution in [-0.2, 0) is 29.2 Å². The Labute approximate surface area is 206 Å². The molecule has 7 heteroatoms. The molecule has 35 heavy (non-hydrogen) atoms. The van der Waals surface area contributed by atoms with Crippen LogP contribution in [0, 0.1) is 5.92 Å². The number of fused-ring (bicyclic) bond motifs is 1. The van der Waals surface area contributed by atoms with Crippen molar-refractivity contribution in [2.45, 2.75) is 45.9 Å². The van der Waals surface area contributed by atoms with Crippen LogP contribution >= 0.6 is 0 Å². The predicted octanol–water partition coefficient (Wildman–Crippen LogP) is 4.61. The maximum Gasteiger partial charge on any atom is 0.247 e. The fourth-order valence-corrected chi connectivity index (χ4v) is 4.22. The zero-order valence-electron chi connectivity index (χ0n) is 20.4. The van der Waals surface area contributed by atoms with Crippen LogP contribution in [0.1, 0.15) is 37.0 Å². The highest BCUT2D eigenvalue weighted by Crippen LogP contribution is 2.32. The second kappa shape index (κ2) is 11.0. The van der Waals surface area contributed by atoms with Crippen LogP contribution in [0.5, 0.6) is 11.5 Å². The molecule has 0 spiro atoms. The Bertz CT molecular complexity index is 1180. The van der Waals surface area contributed by atoms with Gasteiger partial charge in [0.05, 0.1) is 7.11 Å². The van der Waals surface area contributed by atoms with E-state index in [0.29, 0.717) is 43.2 Å². The van der Waals surface area contributed by atoms with Crippen molar-refractivity contribution in [2.75, 3.05) is 12.4 Å². The van der Waals surface area contributed by atoms with Crippen molar-refractivity contribution in [1.29, 1.82) is 0 Å². The highest BCUT2D eigenvalue weighted by molar-refractivity contribution is 5.98. The molecule has 0 bridgehead atoms. The lowest BCUT2D eigenvalue weighted by Crippen LogP contribution is -2.50. The van der Waals surface area contributed by atoms with Gasteiger partial charge in [0.1, 0.15) is 12.6 Å². The number of nitrogens with zero attached hydrogens (tertiary/aromatic N) is 2. The van der Waals surface area contributed by atoms with Gasteiger partial charge in [0, 0.05) is 49.1 Å². The molecular weight excluding hydrogens is 442 g/mol. The minimum Gasteiger partial charge on any atom is -0.493 e. The van der Waals surface area contributed by atoms with Gasteiger partial charge >= 0.3 is 0 Å². The summed E-state index contributed by atoms with van der Waals surface area (Å²) >= 11 is 0. The first kappa shape index (κ1) is 24.3. The van der Waals surface area contributed by atoms with Crippen LogP contribution in [-0.4, -0.2) is 34.8 Å². The SMILES string of the molecule is COc1ccc(NC(=O)C2Cc3ccccc3CN2C(=O)CC(C)C)cc1OCc1cccnc1. The van der Waals surface area contributed by atoms with Crippen molar-refractivity contribution in [2.24, 2.45) is 5.92 Å². The Morgan fingerprint density at radius 3 is 2.60 bits per heavy atom. The number of hydrogen-bond donors (Lipinski definition) is 1. The molecule has 1 aliphatic rings. The summed E-state index contributed by atoms with van der Waals surface area (Å²) in [4.78, 5) is 32.3. The Balaban J connectivity index is 1.53. The molecular formula is C28H31N3O4. The molecule has 2 aromatic carbocycles. The summed E-state index contributed by atoms with van der Waals surface area (Å²) in [5, 5.41) is 2.99. The zero-order chi connectivity index (χ0) is 24.8. The lowest BCUT2D eigenvalue weighted by molar-refractivity contribution is -0.140. The quantitative estimate of drug-likeness (QED) is 0.517. The van der Waals surface area contributed by atoms with Gasteiger partial charge in [-0.2, -0.15) is 0 Å². The number of carbonyl (C=O) groups excluding carboxylic acids is 2. The van der Waals surface area contributed by atoms with Crippen LogP contribution in [0.15, 0.2) is 67.0 Å². The molecule has 0 aliphatic carbocycles. The molecule has 1 atom stereocenters. The average Bonchev–Trinajstić information content (AvgIpc) is 2.87. The molecule has 7 nitrogen and oxygen atoms in total. The molecule has 1 aliphatic heterocycles. The molecule has 2 heterocycles. The fraction of sp³-hybridized carbons (Fsp3) is 0.321. The molecule has 1 unspecified atom stereocenters. The van der Waals surface area contributed by atoms with Crippen molar-refractivity contribution in [3.8, 4) is 11.5 Å². The summed E-state index contributed by atoms with van der Waals surface area (Å²) in [6.07, 6.45) is 4.33. The Morgan fingerprint density at radius 2 is 1.89 bits per heavy atom. The Hall–Kier alpha value is -3.87. The summed E-state index contributed by atoms with van der Waals surface area (Å²) in [6.45, 7) is 4.77. The first-order valence-electron chi connectivity index (χ1n) is 11.8. The van der Waals surface area contributed by atoms with E-state index in [4.69, 9.17) is 9.47 Å². The third-order valence-corrected chi connectivity index (χ3v) is 6.00. The smallest absolute Gasteiger partial charge is 0.247 e. The number of ether oxygens (including phenoxy) is 2. The van der Waals surface area contributed by atoms with E-state index in [1.54, 1.807) is 42.6 Å². The van der Waals surface area contributed by atoms with Crippen LogP contribution in [0.4, 0.5) is 5.69 Å². The monoisotopic (exact) mass is 473 g/mol. The van der Waals surface area contributed by atoms with Gasteiger partial charge in [0.25, 0.3) is 0 Å². The van der Waals surface area contributed by atoms with Gasteiger partial charge in [-0.3, -0.25) is 14.6 Å². The van der Waals surface area contributed by atoms with Gasteiger partial charge in [0.15, 0.2) is 11.5 Å². The highest BCUT2D eigenvalue weighted by atomic mass is 16.5. The van der Waals surface area contributed by atoms with E-state index < -0.39 is 6.04 Å². The number of nitrogens with one attached hydrogen (secondary N) is 1. The number of pyridine rings is 1. The number of methoxy groups -OCH3 is 1. The van der Waals surface area contributed by atoms with Gasteiger partial charge in [-0.1, -0.05) is 44.2 Å². The molecule has 1 N–H and O–H groups in total. The third kappa shape index (κ3) is 5.98. The molecule has 0 saturated heterocycles. The second-order valence-electron chi connectivity index (χ2n) is 9.11. The number of aromatic nitrogens is 1. The average molecular weight is 474 g/mol. The summed E-state index contributed by atoms with van der Waals surface area (Å²) in [7, 11) is 1.57. The first-order chi connectivity index (χ1) is 16.9. The Kier molecular flexibility index (Phi) is 7.65. The van der Waals surface area contributed by atoms with E-state index >= 15 is 0 Å². The van der Waals surface area contributed by atoms with Crippen LogP contribution in [0.3, 0.4) is 0 Å². The number of amides is 2. The highest BCUT2D eigenvalue weighted by Gasteiger charge is 2.34.